The quantitative estimate of drug-likeness (QED) is 0.253. The third-order valence-corrected chi connectivity index (χ3v) is 5.53. The normalized spacial score (nSPS) is 16.8. The average molecular weight is 539 g/mol. The molecule has 0 radical (unpaired) electrons. The van der Waals surface area contributed by atoms with Crippen LogP contribution in [0.2, 0.25) is 0 Å². The van der Waals surface area contributed by atoms with Crippen LogP contribution in [0.1, 0.15) is 47.1 Å². The molecule has 0 heterocycles. The lowest BCUT2D eigenvalue weighted by molar-refractivity contribution is -0.100. The number of hydrogen-bond donors (Lipinski definition) is 3. The summed E-state index contributed by atoms with van der Waals surface area (Å²) in [5.41, 5.74) is 0.956. The van der Waals surface area contributed by atoms with Gasteiger partial charge in [0.2, 0.25) is 0 Å². The second-order valence-electron chi connectivity index (χ2n) is 9.04. The van der Waals surface area contributed by atoms with Crippen LogP contribution in [-0.4, -0.2) is 99.4 Å². The van der Waals surface area contributed by atoms with Crippen molar-refractivity contribution in [2.24, 2.45) is 0 Å². The zero-order chi connectivity index (χ0) is 27.7. The minimum atomic E-state index is -4.02. The van der Waals surface area contributed by atoms with Crippen LogP contribution >= 0.6 is 0 Å². The van der Waals surface area contributed by atoms with Gasteiger partial charge in [0.05, 0.1) is 81.2 Å². The van der Waals surface area contributed by atoms with Crippen molar-refractivity contribution in [1.82, 2.24) is 0 Å². The van der Waals surface area contributed by atoms with Gasteiger partial charge >= 0.3 is 0 Å². The van der Waals surface area contributed by atoms with Gasteiger partial charge < -0.3 is 33.9 Å². The molecule has 3 N–H and O–H groups in total. The van der Waals surface area contributed by atoms with Crippen LogP contribution in [0, 0.1) is 6.92 Å². The molecule has 10 nitrogen and oxygen atoms in total. The first kappa shape index (κ1) is 34.9. The van der Waals surface area contributed by atoms with E-state index in [1.54, 1.807) is 19.1 Å². The van der Waals surface area contributed by atoms with E-state index in [1.807, 2.05) is 41.5 Å². The molecule has 1 aromatic rings. The molecule has 6 unspecified atom stereocenters. The molecular weight excluding hydrogens is 492 g/mol. The Labute approximate surface area is 216 Å². The zero-order valence-corrected chi connectivity index (χ0v) is 23.4. The monoisotopic (exact) mass is 538 g/mol. The standard InChI is InChI=1S/C18H38O7.C7H8O3S/c1-13(20)8-21-15(3)10-23-17(5)12-25-18(6)11-24-16(4)9-22-14(2)7-19;1-6-2-4-7(5-3-6)11(8,9)10/h13-20H,7-12H2,1-6H3;2-5H,1H3,(H,8,9,10). The molecule has 212 valence electrons. The Morgan fingerprint density at radius 2 is 1.00 bits per heavy atom. The molecule has 11 heteroatoms. The second kappa shape index (κ2) is 19.0. The summed E-state index contributed by atoms with van der Waals surface area (Å²) < 4.78 is 57.4. The molecule has 0 aliphatic rings. The molecule has 0 aliphatic heterocycles. The molecule has 0 amide bonds. The summed E-state index contributed by atoms with van der Waals surface area (Å²) in [5.74, 6) is 0. The molecule has 0 fully saturated rings. The molecule has 0 aliphatic carbocycles. The van der Waals surface area contributed by atoms with Gasteiger partial charge in [-0.15, -0.1) is 0 Å². The molecular formula is C25H46O10S. The van der Waals surface area contributed by atoms with Gasteiger partial charge in [-0.3, -0.25) is 4.55 Å². The molecule has 6 atom stereocenters. The Morgan fingerprint density at radius 1 is 0.667 bits per heavy atom. The number of benzene rings is 1. The van der Waals surface area contributed by atoms with E-state index in [2.05, 4.69) is 0 Å². The highest BCUT2D eigenvalue weighted by molar-refractivity contribution is 7.85. The van der Waals surface area contributed by atoms with E-state index in [4.69, 9.17) is 33.3 Å². The average Bonchev–Trinajstić information content (AvgIpc) is 2.82. The smallest absolute Gasteiger partial charge is 0.294 e. The molecule has 1 aromatic carbocycles. The summed E-state index contributed by atoms with van der Waals surface area (Å²) >= 11 is 0. The highest BCUT2D eigenvalue weighted by atomic mass is 32.2. The molecule has 0 bridgehead atoms. The van der Waals surface area contributed by atoms with Crippen molar-refractivity contribution in [2.75, 3.05) is 39.6 Å². The van der Waals surface area contributed by atoms with Crippen molar-refractivity contribution in [3.63, 3.8) is 0 Å². The van der Waals surface area contributed by atoms with Crippen LogP contribution in [-0.2, 0) is 33.8 Å². The zero-order valence-electron chi connectivity index (χ0n) is 22.6. The van der Waals surface area contributed by atoms with Crippen LogP contribution in [0.4, 0.5) is 0 Å². The fourth-order valence-corrected chi connectivity index (χ4v) is 2.94. The molecule has 1 rings (SSSR count). The third-order valence-electron chi connectivity index (χ3n) is 4.66. The van der Waals surface area contributed by atoms with Crippen molar-refractivity contribution < 1.29 is 46.9 Å². The Balaban J connectivity index is 0.000000918. The minimum Gasteiger partial charge on any atom is -0.394 e. The van der Waals surface area contributed by atoms with E-state index < -0.39 is 16.2 Å². The van der Waals surface area contributed by atoms with E-state index >= 15 is 0 Å². The Bertz CT molecular complexity index is 770. The highest BCUT2D eigenvalue weighted by Crippen LogP contribution is 2.08. The topological polar surface area (TPSA) is 141 Å². The van der Waals surface area contributed by atoms with Crippen LogP contribution in [0.3, 0.4) is 0 Å². The Kier molecular flexibility index (Phi) is 18.4. The first-order valence-corrected chi connectivity index (χ1v) is 13.6. The SMILES string of the molecule is CC(O)COC(C)COC(C)COC(C)COC(C)COC(C)CO.Cc1ccc(S(=O)(=O)O)cc1. The van der Waals surface area contributed by atoms with Crippen molar-refractivity contribution in [1.29, 1.82) is 0 Å². The van der Waals surface area contributed by atoms with Crippen molar-refractivity contribution in [3.8, 4) is 0 Å². The van der Waals surface area contributed by atoms with Gasteiger partial charge in [-0.1, -0.05) is 17.7 Å². The number of ether oxygens (including phenoxy) is 5. The largest absolute Gasteiger partial charge is 0.394 e. The van der Waals surface area contributed by atoms with E-state index in [9.17, 15) is 13.5 Å². The van der Waals surface area contributed by atoms with Gasteiger partial charge in [-0.25, -0.2) is 0 Å². The van der Waals surface area contributed by atoms with Gasteiger partial charge in [0.15, 0.2) is 0 Å². The van der Waals surface area contributed by atoms with E-state index in [1.165, 1.54) is 12.1 Å². The van der Waals surface area contributed by atoms with Gasteiger partial charge in [0.25, 0.3) is 10.1 Å². The maximum absolute atomic E-state index is 10.5. The first-order chi connectivity index (χ1) is 16.7. The van der Waals surface area contributed by atoms with Crippen molar-refractivity contribution in [2.45, 2.75) is 90.0 Å². The number of aliphatic hydroxyl groups is 2. The summed E-state index contributed by atoms with van der Waals surface area (Å²) in [5, 5.41) is 18.1. The predicted molar refractivity (Wildman–Crippen MR) is 137 cm³/mol. The summed E-state index contributed by atoms with van der Waals surface area (Å²) in [4.78, 5) is -0.0666. The lowest BCUT2D eigenvalue weighted by Gasteiger charge is -2.22. The number of aryl methyl sites for hydroxylation is 1. The number of aliphatic hydroxyl groups excluding tert-OH is 2. The summed E-state index contributed by atoms with van der Waals surface area (Å²) in [6.07, 6.45) is -0.868. The summed E-state index contributed by atoms with van der Waals surface area (Å²) in [7, 11) is -4.02. The van der Waals surface area contributed by atoms with E-state index in [0.29, 0.717) is 33.0 Å². The van der Waals surface area contributed by atoms with Gasteiger partial charge in [0.1, 0.15) is 0 Å². The Hall–Kier alpha value is -1.15. The summed E-state index contributed by atoms with van der Waals surface area (Å²) in [6, 6.07) is 5.99. The van der Waals surface area contributed by atoms with Crippen LogP contribution in [0.15, 0.2) is 29.2 Å². The highest BCUT2D eigenvalue weighted by Gasteiger charge is 2.13. The summed E-state index contributed by atoms with van der Waals surface area (Å²) in [6.45, 7) is 15.2. The molecule has 36 heavy (non-hydrogen) atoms. The minimum absolute atomic E-state index is 0.00675. The second-order valence-corrected chi connectivity index (χ2v) is 10.5. The molecule has 0 saturated carbocycles. The number of rotatable bonds is 17. The van der Waals surface area contributed by atoms with Crippen LogP contribution in [0.5, 0.6) is 0 Å². The van der Waals surface area contributed by atoms with Crippen molar-refractivity contribution >= 4 is 10.1 Å². The third kappa shape index (κ3) is 19.0. The van der Waals surface area contributed by atoms with Crippen LogP contribution < -0.4 is 0 Å². The van der Waals surface area contributed by atoms with E-state index in [0.717, 1.165) is 5.56 Å². The fourth-order valence-electron chi connectivity index (χ4n) is 2.46. The lowest BCUT2D eigenvalue weighted by atomic mass is 10.2. The predicted octanol–water partition coefficient (Wildman–Crippen LogP) is 2.63. The van der Waals surface area contributed by atoms with Gasteiger partial charge in [0, 0.05) is 0 Å². The molecule has 0 saturated heterocycles. The Morgan fingerprint density at radius 3 is 1.31 bits per heavy atom. The maximum atomic E-state index is 10.5. The molecule has 0 aromatic heterocycles. The van der Waals surface area contributed by atoms with Crippen molar-refractivity contribution in [3.05, 3.63) is 29.8 Å². The fraction of sp³-hybridized carbons (Fsp3) is 0.760. The van der Waals surface area contributed by atoms with Gasteiger partial charge in [-0.2, -0.15) is 8.42 Å². The molecule has 0 spiro atoms. The van der Waals surface area contributed by atoms with E-state index in [-0.39, 0.29) is 42.0 Å². The van der Waals surface area contributed by atoms with Gasteiger partial charge in [-0.05, 0) is 60.6 Å². The lowest BCUT2D eigenvalue weighted by Crippen LogP contribution is -2.29. The maximum Gasteiger partial charge on any atom is 0.294 e. The number of hydrogen-bond acceptors (Lipinski definition) is 9. The first-order valence-electron chi connectivity index (χ1n) is 12.2. The van der Waals surface area contributed by atoms with Crippen LogP contribution in [0.25, 0.3) is 0 Å².